The molecule has 2 fully saturated rings. The molecule has 0 aliphatic heterocycles. The van der Waals surface area contributed by atoms with Crippen LogP contribution in [0.3, 0.4) is 0 Å². The van der Waals surface area contributed by atoms with Gasteiger partial charge in [0.25, 0.3) is 11.1 Å². The predicted molar refractivity (Wildman–Crippen MR) is 213 cm³/mol. The number of halogens is 3. The number of nitrogens with one attached hydrogen (secondary N) is 2. The summed E-state index contributed by atoms with van der Waals surface area (Å²) >= 11 is 0. The van der Waals surface area contributed by atoms with Crippen LogP contribution in [0.4, 0.5) is 35.9 Å². The van der Waals surface area contributed by atoms with Gasteiger partial charge in [-0.25, -0.2) is 23.1 Å². The molecule has 2 aliphatic carbocycles. The second-order valence-electron chi connectivity index (χ2n) is 14.4. The number of ketones is 2. The minimum atomic E-state index is -0.796. The number of carbonyl (C=O) groups is 2. The molecular formula is C43H39F3N8O4. The van der Waals surface area contributed by atoms with E-state index in [4.69, 9.17) is 0 Å². The van der Waals surface area contributed by atoms with Crippen LogP contribution in [0.15, 0.2) is 94.8 Å². The lowest BCUT2D eigenvalue weighted by atomic mass is 10.0. The summed E-state index contributed by atoms with van der Waals surface area (Å²) in [6.07, 6.45) is 7.04. The van der Waals surface area contributed by atoms with Crippen LogP contribution in [-0.2, 0) is 13.1 Å². The second-order valence-corrected chi connectivity index (χ2v) is 14.4. The number of Topliss-reactive ketones (excluding diaryl/α,β-unsaturated/α-hetero) is 2. The first-order valence-electron chi connectivity index (χ1n) is 18.8. The van der Waals surface area contributed by atoms with Crippen molar-refractivity contribution >= 4 is 34.3 Å². The van der Waals surface area contributed by atoms with Crippen LogP contribution >= 0.6 is 0 Å². The molecule has 6 aromatic rings. The van der Waals surface area contributed by atoms with Gasteiger partial charge in [0, 0.05) is 36.6 Å². The Morgan fingerprint density at radius 2 is 1.05 bits per heavy atom. The van der Waals surface area contributed by atoms with E-state index in [1.54, 1.807) is 30.5 Å². The van der Waals surface area contributed by atoms with Gasteiger partial charge in [0.05, 0.1) is 28.2 Å². The summed E-state index contributed by atoms with van der Waals surface area (Å²) in [5.41, 5.74) is 2.43. The summed E-state index contributed by atoms with van der Waals surface area (Å²) in [6, 6.07) is 17.8. The maximum absolute atomic E-state index is 14.1. The van der Waals surface area contributed by atoms with E-state index in [9.17, 15) is 32.3 Å². The molecule has 2 aliphatic rings. The van der Waals surface area contributed by atoms with Gasteiger partial charge < -0.3 is 10.6 Å². The Labute approximate surface area is 330 Å². The van der Waals surface area contributed by atoms with E-state index in [1.165, 1.54) is 77.9 Å². The number of carbonyl (C=O) groups excluding carboxylic acids is 2. The van der Waals surface area contributed by atoms with Crippen LogP contribution < -0.4 is 21.8 Å². The van der Waals surface area contributed by atoms with E-state index < -0.39 is 23.1 Å². The van der Waals surface area contributed by atoms with E-state index in [1.807, 2.05) is 6.92 Å². The number of anilines is 4. The lowest BCUT2D eigenvalue weighted by molar-refractivity contribution is 0.101. The molecule has 4 heterocycles. The van der Waals surface area contributed by atoms with Crippen molar-refractivity contribution in [2.45, 2.75) is 59.5 Å². The molecule has 4 aromatic heterocycles. The highest BCUT2D eigenvalue weighted by atomic mass is 19.1. The number of nitrogens with zero attached hydrogens (tertiary/aromatic N) is 6. The number of hydrogen-bond donors (Lipinski definition) is 2. The highest BCUT2D eigenvalue weighted by Gasteiger charge is 2.29. The summed E-state index contributed by atoms with van der Waals surface area (Å²) < 4.78 is 43.6. The first-order valence-corrected chi connectivity index (χ1v) is 18.8. The Hall–Kier alpha value is -6.77. The molecular weight excluding hydrogens is 750 g/mol. The molecule has 0 bridgehead atoms. The van der Waals surface area contributed by atoms with Gasteiger partial charge >= 0.3 is 0 Å². The zero-order valence-electron chi connectivity index (χ0n) is 31.9. The maximum Gasteiger partial charge on any atom is 0.291 e. The zero-order chi connectivity index (χ0) is 41.1. The molecule has 2 saturated carbocycles. The van der Waals surface area contributed by atoms with Crippen molar-refractivity contribution in [3.63, 3.8) is 0 Å². The minimum Gasteiger partial charge on any atom is -0.349 e. The largest absolute Gasteiger partial charge is 0.349 e. The van der Waals surface area contributed by atoms with Crippen LogP contribution in [0.1, 0.15) is 65.9 Å². The van der Waals surface area contributed by atoms with E-state index in [-0.39, 0.29) is 51.0 Å². The number of hydrogen-bond acceptors (Lipinski definition) is 10. The van der Waals surface area contributed by atoms with Gasteiger partial charge in [-0.1, -0.05) is 0 Å². The quantitative estimate of drug-likeness (QED) is 0.0920. The van der Waals surface area contributed by atoms with Crippen molar-refractivity contribution in [2.75, 3.05) is 10.6 Å². The summed E-state index contributed by atoms with van der Waals surface area (Å²) in [4.78, 5) is 59.2. The van der Waals surface area contributed by atoms with Crippen LogP contribution in [0, 0.1) is 36.3 Å². The third-order valence-electron chi connectivity index (χ3n) is 9.79. The highest BCUT2D eigenvalue weighted by molar-refractivity contribution is 6.06. The Balaban J connectivity index is 0.000000177. The number of rotatable bonds is 12. The lowest BCUT2D eigenvalue weighted by Crippen LogP contribution is -2.29. The number of aromatic nitrogens is 6. The van der Waals surface area contributed by atoms with Gasteiger partial charge in [0.15, 0.2) is 11.6 Å². The second kappa shape index (κ2) is 16.8. The molecule has 0 radical (unpaired) electrons. The molecule has 2 N–H and O–H groups in total. The molecule has 12 nitrogen and oxygen atoms in total. The van der Waals surface area contributed by atoms with Crippen molar-refractivity contribution in [2.24, 2.45) is 11.8 Å². The van der Waals surface area contributed by atoms with Gasteiger partial charge in [0.1, 0.15) is 34.4 Å². The molecule has 0 unspecified atom stereocenters. The predicted octanol–water partition coefficient (Wildman–Crippen LogP) is 8.05. The molecule has 58 heavy (non-hydrogen) atoms. The van der Waals surface area contributed by atoms with Crippen LogP contribution in [0.5, 0.6) is 0 Å². The lowest BCUT2D eigenvalue weighted by Gasteiger charge is -2.17. The first kappa shape index (κ1) is 39.5. The SMILES string of the molecule is CC(=O)c1c(-c2ccc(F)cc2)nn(CC2CC2)c(=O)c1Nc1cccnc1C.CC(=O)c1c(-c2ccc(F)cc2)nn(CC2CC2)c(=O)c1Nc1cccnc1F. The third kappa shape index (κ3) is 8.93. The molecule has 8 rings (SSSR count). The van der Waals surface area contributed by atoms with Crippen molar-refractivity contribution in [1.29, 1.82) is 0 Å². The van der Waals surface area contributed by atoms with Crippen LogP contribution in [0.25, 0.3) is 22.5 Å². The van der Waals surface area contributed by atoms with Gasteiger partial charge in [-0.2, -0.15) is 14.6 Å². The summed E-state index contributed by atoms with van der Waals surface area (Å²) in [5.74, 6) is -1.56. The normalized spacial score (nSPS) is 13.3. The molecule has 0 amide bonds. The van der Waals surface area contributed by atoms with Crippen molar-refractivity contribution in [1.82, 2.24) is 29.5 Å². The van der Waals surface area contributed by atoms with Gasteiger partial charge in [0.2, 0.25) is 5.95 Å². The van der Waals surface area contributed by atoms with Gasteiger partial charge in [-0.15, -0.1) is 0 Å². The average molecular weight is 789 g/mol. The van der Waals surface area contributed by atoms with Crippen LogP contribution in [-0.4, -0.2) is 41.1 Å². The summed E-state index contributed by atoms with van der Waals surface area (Å²) in [6.45, 7) is 5.41. The number of aryl methyl sites for hydroxylation is 1. The fourth-order valence-electron chi connectivity index (χ4n) is 6.38. The Kier molecular flexibility index (Phi) is 11.4. The molecule has 0 saturated heterocycles. The summed E-state index contributed by atoms with van der Waals surface area (Å²) in [5, 5.41) is 14.8. The van der Waals surface area contributed by atoms with Gasteiger partial charge in [-0.05, 0) is 131 Å². The van der Waals surface area contributed by atoms with Crippen molar-refractivity contribution in [3.05, 3.63) is 140 Å². The van der Waals surface area contributed by atoms with E-state index in [0.29, 0.717) is 53.1 Å². The molecule has 0 atom stereocenters. The third-order valence-corrected chi connectivity index (χ3v) is 9.79. The topological polar surface area (TPSA) is 154 Å². The highest BCUT2D eigenvalue weighted by Crippen LogP contribution is 2.34. The summed E-state index contributed by atoms with van der Waals surface area (Å²) in [7, 11) is 0. The minimum absolute atomic E-state index is 0.0249. The Morgan fingerprint density at radius 1 is 0.638 bits per heavy atom. The number of benzene rings is 2. The average Bonchev–Trinajstić information content (AvgIpc) is 4.15. The maximum atomic E-state index is 14.1. The van der Waals surface area contributed by atoms with Crippen molar-refractivity contribution in [3.8, 4) is 22.5 Å². The standard InChI is InChI=1S/C22H21FN4O2.C21H18F2N4O2/c1-13-18(4-3-11-24-13)25-21-19(14(2)28)20(16-7-9-17(23)10-8-16)26-27(22(21)29)12-15-5-6-15;1-12(28)17-18(14-6-8-15(22)9-7-14)26-27(11-13-4-5-13)21(29)19(17)25-16-3-2-10-24-20(16)23/h3-4,7-11,15,25H,5-6,12H2,1-2H3;2-3,6-10,13,25H,4-5,11H2,1H3. The molecule has 2 aromatic carbocycles. The molecule has 15 heteroatoms. The fraction of sp³-hybridized carbons (Fsp3) is 0.256. The Bertz CT molecular complexity index is 2460. The van der Waals surface area contributed by atoms with Crippen molar-refractivity contribution < 1.29 is 22.8 Å². The van der Waals surface area contributed by atoms with E-state index in [2.05, 4.69) is 30.8 Å². The fourth-order valence-corrected chi connectivity index (χ4v) is 6.38. The smallest absolute Gasteiger partial charge is 0.291 e. The molecule has 0 spiro atoms. The Morgan fingerprint density at radius 3 is 1.45 bits per heavy atom. The monoisotopic (exact) mass is 788 g/mol. The molecule has 296 valence electrons. The number of pyridine rings is 2. The van der Waals surface area contributed by atoms with Gasteiger partial charge in [-0.3, -0.25) is 24.2 Å². The van der Waals surface area contributed by atoms with E-state index >= 15 is 0 Å². The van der Waals surface area contributed by atoms with E-state index in [0.717, 1.165) is 25.7 Å². The first-order chi connectivity index (χ1) is 27.9. The van der Waals surface area contributed by atoms with Crippen LogP contribution in [0.2, 0.25) is 0 Å². The zero-order valence-corrected chi connectivity index (χ0v) is 31.9.